The average molecular weight is 334 g/mol. The molecule has 3 aromatic rings. The van der Waals surface area contributed by atoms with Crippen molar-refractivity contribution in [3.05, 3.63) is 41.3 Å². The Hall–Kier alpha value is -2.31. The van der Waals surface area contributed by atoms with Crippen molar-refractivity contribution in [3.8, 4) is 17.3 Å². The van der Waals surface area contributed by atoms with E-state index in [2.05, 4.69) is 9.97 Å². The minimum Gasteiger partial charge on any atom is -0.493 e. The first-order valence-electron chi connectivity index (χ1n) is 6.99. The van der Waals surface area contributed by atoms with Gasteiger partial charge in [0, 0.05) is 17.7 Å². The maximum Gasteiger partial charge on any atom is 0.163 e. The number of fused-ring (bicyclic) bond motifs is 1. The van der Waals surface area contributed by atoms with E-state index in [0.29, 0.717) is 22.9 Å². The monoisotopic (exact) mass is 333 g/mol. The van der Waals surface area contributed by atoms with Crippen molar-refractivity contribution < 1.29 is 14.6 Å². The van der Waals surface area contributed by atoms with Gasteiger partial charge in [0.2, 0.25) is 0 Å². The van der Waals surface area contributed by atoms with E-state index < -0.39 is 6.10 Å². The van der Waals surface area contributed by atoms with E-state index in [9.17, 15) is 5.11 Å². The van der Waals surface area contributed by atoms with Gasteiger partial charge in [0.1, 0.15) is 17.3 Å². The number of pyridine rings is 1. The lowest BCUT2D eigenvalue weighted by atomic mass is 10.2. The number of methoxy groups -OCH3 is 2. The highest BCUT2D eigenvalue weighted by atomic mass is 35.5. The first-order chi connectivity index (χ1) is 11.0. The first kappa shape index (κ1) is 15.6. The number of benzene rings is 1. The molecular weight excluding hydrogens is 318 g/mol. The van der Waals surface area contributed by atoms with Crippen LogP contribution < -0.4 is 9.47 Å². The number of aliphatic hydroxyl groups is 1. The lowest BCUT2D eigenvalue weighted by molar-refractivity contribution is 0.199. The number of rotatable bonds is 4. The first-order valence-corrected chi connectivity index (χ1v) is 7.37. The van der Waals surface area contributed by atoms with Crippen molar-refractivity contribution in [1.82, 2.24) is 14.5 Å². The predicted molar refractivity (Wildman–Crippen MR) is 87.6 cm³/mol. The van der Waals surface area contributed by atoms with Crippen LogP contribution in [0.2, 0.25) is 5.15 Å². The third kappa shape index (κ3) is 2.71. The van der Waals surface area contributed by atoms with Crippen molar-refractivity contribution >= 4 is 22.6 Å². The van der Waals surface area contributed by atoms with Crippen LogP contribution in [0.4, 0.5) is 0 Å². The highest BCUT2D eigenvalue weighted by molar-refractivity contribution is 6.30. The second-order valence-electron chi connectivity index (χ2n) is 5.04. The predicted octanol–water partition coefficient (Wildman–Crippen LogP) is 3.14. The van der Waals surface area contributed by atoms with Gasteiger partial charge in [0.15, 0.2) is 11.5 Å². The van der Waals surface area contributed by atoms with E-state index in [4.69, 9.17) is 21.1 Å². The maximum atomic E-state index is 9.65. The summed E-state index contributed by atoms with van der Waals surface area (Å²) in [6, 6.07) is 7.17. The minimum absolute atomic E-state index is 0.264. The molecule has 1 aromatic carbocycles. The van der Waals surface area contributed by atoms with Gasteiger partial charge in [-0.15, -0.1) is 0 Å². The van der Waals surface area contributed by atoms with Crippen LogP contribution in [0, 0.1) is 0 Å². The quantitative estimate of drug-likeness (QED) is 0.743. The molecule has 1 unspecified atom stereocenters. The van der Waals surface area contributed by atoms with Crippen LogP contribution in [0.3, 0.4) is 0 Å². The summed E-state index contributed by atoms with van der Waals surface area (Å²) in [6.07, 6.45) is 0.984. The molecule has 0 aliphatic heterocycles. The molecule has 0 aliphatic rings. The topological polar surface area (TPSA) is 69.4 Å². The Labute approximate surface area is 138 Å². The Bertz CT molecular complexity index is 861. The molecule has 1 N–H and O–H groups in total. The summed E-state index contributed by atoms with van der Waals surface area (Å²) in [5, 5.41) is 9.91. The van der Waals surface area contributed by atoms with Gasteiger partial charge in [0.25, 0.3) is 0 Å². The molecule has 3 rings (SSSR count). The van der Waals surface area contributed by atoms with E-state index >= 15 is 0 Å². The molecule has 6 nitrogen and oxygen atoms in total. The molecule has 0 aliphatic carbocycles. The number of hydrogen-bond donors (Lipinski definition) is 1. The van der Waals surface area contributed by atoms with E-state index in [0.717, 1.165) is 11.0 Å². The maximum absolute atomic E-state index is 9.65. The Kier molecular flexibility index (Phi) is 4.11. The third-order valence-corrected chi connectivity index (χ3v) is 3.92. The molecule has 2 aromatic heterocycles. The van der Waals surface area contributed by atoms with Crippen molar-refractivity contribution in [2.75, 3.05) is 14.2 Å². The van der Waals surface area contributed by atoms with Crippen LogP contribution in [0.25, 0.3) is 16.9 Å². The summed E-state index contributed by atoms with van der Waals surface area (Å²) >= 11 is 6.15. The highest BCUT2D eigenvalue weighted by Crippen LogP contribution is 2.32. The number of aromatic nitrogens is 3. The summed E-state index contributed by atoms with van der Waals surface area (Å²) in [4.78, 5) is 8.70. The van der Waals surface area contributed by atoms with Gasteiger partial charge in [-0.1, -0.05) is 11.6 Å². The average Bonchev–Trinajstić information content (AvgIpc) is 2.95. The zero-order chi connectivity index (χ0) is 16.6. The zero-order valence-electron chi connectivity index (χ0n) is 12.9. The summed E-state index contributed by atoms with van der Waals surface area (Å²) in [6.45, 7) is 1.65. The van der Waals surface area contributed by atoms with Crippen LogP contribution in [-0.2, 0) is 0 Å². The molecule has 2 heterocycles. The number of imidazole rings is 1. The molecule has 0 fully saturated rings. The molecule has 0 saturated carbocycles. The summed E-state index contributed by atoms with van der Waals surface area (Å²) in [5.74, 6) is 1.82. The number of aliphatic hydroxyl groups excluding tert-OH is 1. The molecule has 0 radical (unpaired) electrons. The van der Waals surface area contributed by atoms with Gasteiger partial charge in [-0.05, 0) is 19.1 Å². The highest BCUT2D eigenvalue weighted by Gasteiger charge is 2.14. The summed E-state index contributed by atoms with van der Waals surface area (Å²) < 4.78 is 12.4. The second kappa shape index (κ2) is 6.06. The third-order valence-electron chi connectivity index (χ3n) is 3.61. The Balaban J connectivity index is 2.15. The molecule has 0 bridgehead atoms. The van der Waals surface area contributed by atoms with Crippen molar-refractivity contribution in [2.24, 2.45) is 0 Å². The molecule has 1 atom stereocenters. The molecule has 7 heteroatoms. The molecule has 23 heavy (non-hydrogen) atoms. The zero-order valence-corrected chi connectivity index (χ0v) is 13.7. The van der Waals surface area contributed by atoms with E-state index in [1.807, 2.05) is 6.07 Å². The van der Waals surface area contributed by atoms with Gasteiger partial charge in [-0.3, -0.25) is 4.57 Å². The molecule has 0 spiro atoms. The van der Waals surface area contributed by atoms with Gasteiger partial charge < -0.3 is 14.6 Å². The van der Waals surface area contributed by atoms with Crippen molar-refractivity contribution in [2.45, 2.75) is 13.0 Å². The minimum atomic E-state index is -0.673. The van der Waals surface area contributed by atoms with Crippen LogP contribution in [0.5, 0.6) is 11.5 Å². The van der Waals surface area contributed by atoms with E-state index in [-0.39, 0.29) is 5.15 Å². The fourth-order valence-corrected chi connectivity index (χ4v) is 2.71. The smallest absolute Gasteiger partial charge is 0.163 e. The summed E-state index contributed by atoms with van der Waals surface area (Å²) in [7, 11) is 3.16. The van der Waals surface area contributed by atoms with Crippen LogP contribution in [0.1, 0.15) is 18.6 Å². The largest absolute Gasteiger partial charge is 0.493 e. The SMILES string of the molecule is COc1cc2ncn(-c3ccc(C(C)O)c(Cl)n3)c2cc1OC. The fraction of sp³-hybridized carbons (Fsp3) is 0.250. The van der Waals surface area contributed by atoms with Gasteiger partial charge in [-0.25, -0.2) is 9.97 Å². The molecular formula is C16H16ClN3O3. The Morgan fingerprint density at radius 2 is 1.87 bits per heavy atom. The number of nitrogens with zero attached hydrogens (tertiary/aromatic N) is 3. The van der Waals surface area contributed by atoms with Crippen molar-refractivity contribution in [3.63, 3.8) is 0 Å². The van der Waals surface area contributed by atoms with Crippen LogP contribution in [0.15, 0.2) is 30.6 Å². The Morgan fingerprint density at radius 1 is 1.17 bits per heavy atom. The van der Waals surface area contributed by atoms with Crippen molar-refractivity contribution in [1.29, 1.82) is 0 Å². The standard InChI is InChI=1S/C16H16ClN3O3/c1-9(21)10-4-5-15(19-16(10)17)20-8-18-11-6-13(22-2)14(23-3)7-12(11)20/h4-9,21H,1-3H3. The van der Waals surface area contributed by atoms with Gasteiger partial charge in [0.05, 0.1) is 31.4 Å². The molecule has 120 valence electrons. The van der Waals surface area contributed by atoms with E-state index in [1.165, 1.54) is 0 Å². The van der Waals surface area contributed by atoms with Crippen LogP contribution in [-0.4, -0.2) is 33.9 Å². The number of halogens is 1. The van der Waals surface area contributed by atoms with Gasteiger partial charge in [-0.2, -0.15) is 0 Å². The molecule has 0 saturated heterocycles. The summed E-state index contributed by atoms with van der Waals surface area (Å²) in [5.41, 5.74) is 2.15. The lowest BCUT2D eigenvalue weighted by Gasteiger charge is -2.11. The van der Waals surface area contributed by atoms with Gasteiger partial charge >= 0.3 is 0 Å². The lowest BCUT2D eigenvalue weighted by Crippen LogP contribution is -2.00. The Morgan fingerprint density at radius 3 is 2.48 bits per heavy atom. The van der Waals surface area contributed by atoms with Crippen LogP contribution >= 0.6 is 11.6 Å². The van der Waals surface area contributed by atoms with E-state index in [1.54, 1.807) is 50.2 Å². The fourth-order valence-electron chi connectivity index (χ4n) is 2.40. The normalized spacial score (nSPS) is 12.4. The number of hydrogen-bond acceptors (Lipinski definition) is 5. The molecule has 0 amide bonds. The number of ether oxygens (including phenoxy) is 2. The second-order valence-corrected chi connectivity index (χ2v) is 5.39.